The SMILES string of the molecule is Cc1cc(CSc2ccccc2C(=O)N2CCN(CC(C)C)CC2)on1. The summed E-state index contributed by atoms with van der Waals surface area (Å²) >= 11 is 1.62. The van der Waals surface area contributed by atoms with E-state index in [9.17, 15) is 4.79 Å². The molecule has 0 saturated carbocycles. The molecule has 26 heavy (non-hydrogen) atoms. The molecule has 0 bridgehead atoms. The fraction of sp³-hybridized carbons (Fsp3) is 0.500. The van der Waals surface area contributed by atoms with E-state index in [1.54, 1.807) is 11.8 Å². The standard InChI is InChI=1S/C20H27N3O2S/c1-15(2)13-22-8-10-23(11-9-22)20(24)18-6-4-5-7-19(18)26-14-17-12-16(3)21-25-17/h4-7,12,15H,8-11,13-14H2,1-3H3. The first-order chi connectivity index (χ1) is 12.5. The first-order valence-corrected chi connectivity index (χ1v) is 10.2. The molecule has 1 amide bonds. The summed E-state index contributed by atoms with van der Waals surface area (Å²) in [6.07, 6.45) is 0. The molecule has 6 heteroatoms. The smallest absolute Gasteiger partial charge is 0.255 e. The molecule has 2 heterocycles. The van der Waals surface area contributed by atoms with Crippen molar-refractivity contribution in [2.45, 2.75) is 31.4 Å². The Hall–Kier alpha value is -1.79. The molecule has 0 spiro atoms. The van der Waals surface area contributed by atoms with Crippen LogP contribution >= 0.6 is 11.8 Å². The maximum Gasteiger partial charge on any atom is 0.255 e. The molecule has 0 aliphatic carbocycles. The second-order valence-corrected chi connectivity index (χ2v) is 8.22. The van der Waals surface area contributed by atoms with Crippen LogP contribution in [0, 0.1) is 12.8 Å². The minimum Gasteiger partial charge on any atom is -0.360 e. The highest BCUT2D eigenvalue weighted by Gasteiger charge is 2.24. The van der Waals surface area contributed by atoms with E-state index in [0.717, 1.165) is 54.6 Å². The Morgan fingerprint density at radius 1 is 1.23 bits per heavy atom. The summed E-state index contributed by atoms with van der Waals surface area (Å²) in [4.78, 5) is 18.4. The molecule has 0 unspecified atom stereocenters. The zero-order valence-corrected chi connectivity index (χ0v) is 16.6. The fourth-order valence-electron chi connectivity index (χ4n) is 3.22. The van der Waals surface area contributed by atoms with Crippen LogP contribution < -0.4 is 0 Å². The number of amides is 1. The van der Waals surface area contributed by atoms with Crippen molar-refractivity contribution >= 4 is 17.7 Å². The van der Waals surface area contributed by atoms with E-state index in [0.29, 0.717) is 11.7 Å². The summed E-state index contributed by atoms with van der Waals surface area (Å²) in [7, 11) is 0. The van der Waals surface area contributed by atoms with Crippen LogP contribution in [0.4, 0.5) is 0 Å². The van der Waals surface area contributed by atoms with Gasteiger partial charge in [0.05, 0.1) is 17.0 Å². The zero-order valence-electron chi connectivity index (χ0n) is 15.8. The number of nitrogens with zero attached hydrogens (tertiary/aromatic N) is 3. The van der Waals surface area contributed by atoms with Gasteiger partial charge >= 0.3 is 0 Å². The van der Waals surface area contributed by atoms with Crippen LogP contribution in [-0.4, -0.2) is 53.6 Å². The highest BCUT2D eigenvalue weighted by molar-refractivity contribution is 7.98. The summed E-state index contributed by atoms with van der Waals surface area (Å²) in [6, 6.07) is 9.79. The lowest BCUT2D eigenvalue weighted by molar-refractivity contribution is 0.0620. The van der Waals surface area contributed by atoms with E-state index >= 15 is 0 Å². The second kappa shape index (κ2) is 8.73. The molecule has 0 atom stereocenters. The average Bonchev–Trinajstić information content (AvgIpc) is 3.05. The molecule has 1 aromatic carbocycles. The van der Waals surface area contributed by atoms with Crippen LogP contribution in [0.1, 0.15) is 35.7 Å². The highest BCUT2D eigenvalue weighted by atomic mass is 32.2. The Bertz CT molecular complexity index is 736. The van der Waals surface area contributed by atoms with E-state index in [2.05, 4.69) is 23.9 Å². The quantitative estimate of drug-likeness (QED) is 0.723. The molecule has 1 aliphatic rings. The van der Waals surface area contributed by atoms with Crippen LogP contribution in [0.2, 0.25) is 0 Å². The highest BCUT2D eigenvalue weighted by Crippen LogP contribution is 2.27. The Balaban J connectivity index is 1.62. The minimum absolute atomic E-state index is 0.131. The number of carbonyl (C=O) groups is 1. The lowest BCUT2D eigenvalue weighted by Gasteiger charge is -2.35. The van der Waals surface area contributed by atoms with Crippen LogP contribution in [0.15, 0.2) is 39.8 Å². The number of carbonyl (C=O) groups excluding carboxylic acids is 1. The number of piperazine rings is 1. The Kier molecular flexibility index (Phi) is 6.38. The minimum atomic E-state index is 0.131. The van der Waals surface area contributed by atoms with Gasteiger partial charge in [0, 0.05) is 43.7 Å². The predicted molar refractivity (Wildman–Crippen MR) is 104 cm³/mol. The van der Waals surface area contributed by atoms with Gasteiger partial charge in [-0.15, -0.1) is 11.8 Å². The third-order valence-corrected chi connectivity index (χ3v) is 5.54. The third-order valence-electron chi connectivity index (χ3n) is 4.45. The molecule has 0 radical (unpaired) electrons. The summed E-state index contributed by atoms with van der Waals surface area (Å²) < 4.78 is 5.27. The van der Waals surface area contributed by atoms with Gasteiger partial charge in [-0.1, -0.05) is 31.1 Å². The van der Waals surface area contributed by atoms with Crippen molar-refractivity contribution in [1.29, 1.82) is 0 Å². The van der Waals surface area contributed by atoms with Gasteiger partial charge in [0.15, 0.2) is 0 Å². The van der Waals surface area contributed by atoms with Crippen LogP contribution in [0.3, 0.4) is 0 Å². The predicted octanol–water partition coefficient (Wildman–Crippen LogP) is 3.69. The first kappa shape index (κ1) is 19.0. The van der Waals surface area contributed by atoms with E-state index in [1.807, 2.05) is 42.2 Å². The maximum absolute atomic E-state index is 13.0. The molecule has 3 rings (SSSR count). The largest absolute Gasteiger partial charge is 0.360 e. The van der Waals surface area contributed by atoms with Gasteiger partial charge in [-0.25, -0.2) is 0 Å². The molecular weight excluding hydrogens is 346 g/mol. The monoisotopic (exact) mass is 373 g/mol. The molecule has 5 nitrogen and oxygen atoms in total. The average molecular weight is 374 g/mol. The van der Waals surface area contributed by atoms with Gasteiger partial charge in [-0.2, -0.15) is 0 Å². The number of rotatable bonds is 6. The topological polar surface area (TPSA) is 49.6 Å². The Morgan fingerprint density at radius 2 is 1.96 bits per heavy atom. The van der Waals surface area contributed by atoms with Crippen LogP contribution in [0.25, 0.3) is 0 Å². The van der Waals surface area contributed by atoms with Gasteiger partial charge in [0.1, 0.15) is 5.76 Å². The number of hydrogen-bond donors (Lipinski definition) is 0. The van der Waals surface area contributed by atoms with Gasteiger partial charge in [0.2, 0.25) is 0 Å². The van der Waals surface area contributed by atoms with E-state index in [4.69, 9.17) is 4.52 Å². The number of thioether (sulfide) groups is 1. The number of aromatic nitrogens is 1. The normalized spacial score (nSPS) is 15.6. The molecule has 1 fully saturated rings. The van der Waals surface area contributed by atoms with Gasteiger partial charge in [-0.05, 0) is 25.0 Å². The third kappa shape index (κ3) is 4.89. The van der Waals surface area contributed by atoms with Crippen molar-refractivity contribution in [3.05, 3.63) is 47.3 Å². The lowest BCUT2D eigenvalue weighted by Crippen LogP contribution is -2.49. The van der Waals surface area contributed by atoms with Crippen LogP contribution in [-0.2, 0) is 5.75 Å². The molecular formula is C20H27N3O2S. The van der Waals surface area contributed by atoms with Crippen molar-refractivity contribution < 1.29 is 9.32 Å². The van der Waals surface area contributed by atoms with Gasteiger partial charge in [0.25, 0.3) is 5.91 Å². The van der Waals surface area contributed by atoms with Crippen LogP contribution in [0.5, 0.6) is 0 Å². The molecule has 0 N–H and O–H groups in total. The van der Waals surface area contributed by atoms with E-state index in [-0.39, 0.29) is 5.91 Å². The molecule has 1 aromatic heterocycles. The number of aryl methyl sites for hydroxylation is 1. The fourth-order valence-corrected chi connectivity index (χ4v) is 4.14. The molecule has 2 aromatic rings. The molecule has 1 saturated heterocycles. The lowest BCUT2D eigenvalue weighted by atomic mass is 10.1. The number of hydrogen-bond acceptors (Lipinski definition) is 5. The van der Waals surface area contributed by atoms with E-state index < -0.39 is 0 Å². The Morgan fingerprint density at radius 3 is 2.62 bits per heavy atom. The van der Waals surface area contributed by atoms with Crippen molar-refractivity contribution in [2.24, 2.45) is 5.92 Å². The molecule has 1 aliphatic heterocycles. The van der Waals surface area contributed by atoms with Crippen molar-refractivity contribution in [3.63, 3.8) is 0 Å². The summed E-state index contributed by atoms with van der Waals surface area (Å²) in [5, 5.41) is 3.92. The Labute approximate surface area is 159 Å². The van der Waals surface area contributed by atoms with Gasteiger partial charge < -0.3 is 9.42 Å². The first-order valence-electron chi connectivity index (χ1n) is 9.18. The maximum atomic E-state index is 13.0. The zero-order chi connectivity index (χ0) is 18.5. The second-order valence-electron chi connectivity index (χ2n) is 7.21. The summed E-state index contributed by atoms with van der Waals surface area (Å²) in [5.41, 5.74) is 1.66. The van der Waals surface area contributed by atoms with Gasteiger partial charge in [-0.3, -0.25) is 9.69 Å². The van der Waals surface area contributed by atoms with Crippen molar-refractivity contribution in [2.75, 3.05) is 32.7 Å². The number of benzene rings is 1. The van der Waals surface area contributed by atoms with Crippen molar-refractivity contribution in [3.8, 4) is 0 Å². The van der Waals surface area contributed by atoms with E-state index in [1.165, 1.54) is 0 Å². The summed E-state index contributed by atoms with van der Waals surface area (Å²) in [6.45, 7) is 11.0. The molecule has 140 valence electrons. The van der Waals surface area contributed by atoms with Crippen molar-refractivity contribution in [1.82, 2.24) is 15.0 Å². The summed E-state index contributed by atoms with van der Waals surface area (Å²) in [5.74, 6) is 2.30.